The van der Waals surface area contributed by atoms with E-state index in [4.69, 9.17) is 4.74 Å². The van der Waals surface area contributed by atoms with E-state index in [9.17, 15) is 4.39 Å². The van der Waals surface area contributed by atoms with Crippen LogP contribution in [0.1, 0.15) is 50.2 Å². The van der Waals surface area contributed by atoms with Crippen LogP contribution in [0.3, 0.4) is 0 Å². The first-order chi connectivity index (χ1) is 9.29. The van der Waals surface area contributed by atoms with Crippen molar-refractivity contribution in [3.8, 4) is 0 Å². The molecule has 0 spiro atoms. The van der Waals surface area contributed by atoms with Gasteiger partial charge in [-0.15, -0.1) is 0 Å². The van der Waals surface area contributed by atoms with Crippen LogP contribution in [0.4, 0.5) is 4.39 Å². The normalized spacial score (nSPS) is 16.7. The van der Waals surface area contributed by atoms with E-state index >= 15 is 0 Å². The molecule has 0 heterocycles. The first kappa shape index (κ1) is 14.5. The standard InChI is InChI=1S/C16H24FNO/c1-2-18-11-13-8-9-16(17)14(10-13)12-19-15-6-4-3-5-7-15/h8-10,15,18H,2-7,11-12H2,1H3. The van der Waals surface area contributed by atoms with Crippen LogP contribution in [-0.2, 0) is 17.9 Å². The zero-order valence-corrected chi connectivity index (χ0v) is 11.8. The maximum absolute atomic E-state index is 13.7. The van der Waals surface area contributed by atoms with Gasteiger partial charge >= 0.3 is 0 Å². The van der Waals surface area contributed by atoms with Crippen molar-refractivity contribution in [1.29, 1.82) is 0 Å². The molecule has 19 heavy (non-hydrogen) atoms. The number of benzene rings is 1. The molecule has 0 radical (unpaired) electrons. The molecule has 1 N–H and O–H groups in total. The Balaban J connectivity index is 1.90. The van der Waals surface area contributed by atoms with Gasteiger partial charge in [-0.1, -0.05) is 32.3 Å². The fraction of sp³-hybridized carbons (Fsp3) is 0.625. The largest absolute Gasteiger partial charge is 0.373 e. The molecule has 1 aromatic carbocycles. The molecule has 0 amide bonds. The lowest BCUT2D eigenvalue weighted by Gasteiger charge is -2.22. The van der Waals surface area contributed by atoms with Gasteiger partial charge in [-0.05, 0) is 37.1 Å². The third-order valence-corrected chi connectivity index (χ3v) is 3.72. The number of hydrogen-bond donors (Lipinski definition) is 1. The summed E-state index contributed by atoms with van der Waals surface area (Å²) in [5.74, 6) is -0.156. The van der Waals surface area contributed by atoms with E-state index in [0.29, 0.717) is 18.3 Å². The van der Waals surface area contributed by atoms with Gasteiger partial charge in [0.25, 0.3) is 0 Å². The average Bonchev–Trinajstić information content (AvgIpc) is 2.46. The zero-order chi connectivity index (χ0) is 13.5. The second kappa shape index (κ2) is 7.61. The summed E-state index contributed by atoms with van der Waals surface area (Å²) in [7, 11) is 0. The molecule has 106 valence electrons. The predicted octanol–water partition coefficient (Wildman–Crippen LogP) is 3.78. The van der Waals surface area contributed by atoms with Crippen molar-refractivity contribution in [2.45, 2.75) is 58.3 Å². The monoisotopic (exact) mass is 265 g/mol. The molecule has 1 aliphatic carbocycles. The SMILES string of the molecule is CCNCc1ccc(F)c(COC2CCCCC2)c1. The molecule has 0 atom stereocenters. The fourth-order valence-corrected chi connectivity index (χ4v) is 2.56. The van der Waals surface area contributed by atoms with Crippen molar-refractivity contribution in [3.63, 3.8) is 0 Å². The second-order valence-electron chi connectivity index (χ2n) is 5.28. The Morgan fingerprint density at radius 1 is 1.26 bits per heavy atom. The minimum atomic E-state index is -0.156. The quantitative estimate of drug-likeness (QED) is 0.845. The van der Waals surface area contributed by atoms with E-state index in [1.165, 1.54) is 19.3 Å². The summed E-state index contributed by atoms with van der Waals surface area (Å²) >= 11 is 0. The summed E-state index contributed by atoms with van der Waals surface area (Å²) in [6, 6.07) is 5.30. The lowest BCUT2D eigenvalue weighted by Crippen LogP contribution is -2.17. The minimum Gasteiger partial charge on any atom is -0.373 e. The summed E-state index contributed by atoms with van der Waals surface area (Å²) in [5.41, 5.74) is 1.80. The van der Waals surface area contributed by atoms with Crippen LogP contribution in [0.25, 0.3) is 0 Å². The number of halogens is 1. The number of rotatable bonds is 6. The summed E-state index contributed by atoms with van der Waals surface area (Å²) in [6.07, 6.45) is 6.37. The Hall–Kier alpha value is -0.930. The van der Waals surface area contributed by atoms with Crippen molar-refractivity contribution in [1.82, 2.24) is 5.32 Å². The van der Waals surface area contributed by atoms with Gasteiger partial charge in [0.05, 0.1) is 12.7 Å². The third kappa shape index (κ3) is 4.59. The fourth-order valence-electron chi connectivity index (χ4n) is 2.56. The lowest BCUT2D eigenvalue weighted by atomic mass is 9.98. The molecule has 0 aliphatic heterocycles. The molecule has 0 bridgehead atoms. The molecule has 1 saturated carbocycles. The molecule has 0 saturated heterocycles. The van der Waals surface area contributed by atoms with E-state index in [2.05, 4.69) is 12.2 Å². The first-order valence-electron chi connectivity index (χ1n) is 7.39. The van der Waals surface area contributed by atoms with Crippen LogP contribution in [0, 0.1) is 5.82 Å². The van der Waals surface area contributed by atoms with Gasteiger partial charge in [0, 0.05) is 12.1 Å². The topological polar surface area (TPSA) is 21.3 Å². The molecular weight excluding hydrogens is 241 g/mol. The van der Waals surface area contributed by atoms with Gasteiger partial charge in [0.1, 0.15) is 5.82 Å². The van der Waals surface area contributed by atoms with Crippen molar-refractivity contribution in [2.75, 3.05) is 6.54 Å². The maximum atomic E-state index is 13.7. The van der Waals surface area contributed by atoms with E-state index in [1.54, 1.807) is 6.07 Å². The molecular formula is C16H24FNO. The Morgan fingerprint density at radius 2 is 2.05 bits per heavy atom. The van der Waals surface area contributed by atoms with Crippen LogP contribution in [0.15, 0.2) is 18.2 Å². The molecule has 0 unspecified atom stereocenters. The zero-order valence-electron chi connectivity index (χ0n) is 11.8. The van der Waals surface area contributed by atoms with Crippen molar-refractivity contribution in [3.05, 3.63) is 35.1 Å². The number of ether oxygens (including phenoxy) is 1. The molecule has 3 heteroatoms. The van der Waals surface area contributed by atoms with Crippen molar-refractivity contribution in [2.24, 2.45) is 0 Å². The molecule has 1 aromatic rings. The third-order valence-electron chi connectivity index (χ3n) is 3.72. The maximum Gasteiger partial charge on any atom is 0.128 e. The van der Waals surface area contributed by atoms with E-state index in [-0.39, 0.29) is 5.82 Å². The van der Waals surface area contributed by atoms with Crippen molar-refractivity contribution >= 4 is 0 Å². The average molecular weight is 265 g/mol. The van der Waals surface area contributed by atoms with Gasteiger partial charge < -0.3 is 10.1 Å². The Morgan fingerprint density at radius 3 is 2.79 bits per heavy atom. The molecule has 2 nitrogen and oxygen atoms in total. The van der Waals surface area contributed by atoms with Crippen LogP contribution >= 0.6 is 0 Å². The number of hydrogen-bond acceptors (Lipinski definition) is 2. The van der Waals surface area contributed by atoms with Crippen molar-refractivity contribution < 1.29 is 9.13 Å². The molecule has 0 aromatic heterocycles. The highest BCUT2D eigenvalue weighted by Crippen LogP contribution is 2.22. The van der Waals surface area contributed by atoms with Crippen LogP contribution in [0.5, 0.6) is 0 Å². The van der Waals surface area contributed by atoms with E-state index in [1.807, 2.05) is 12.1 Å². The van der Waals surface area contributed by atoms with E-state index in [0.717, 1.165) is 31.5 Å². The highest BCUT2D eigenvalue weighted by Gasteiger charge is 2.14. The highest BCUT2D eigenvalue weighted by atomic mass is 19.1. The summed E-state index contributed by atoms with van der Waals surface area (Å²) < 4.78 is 19.6. The summed E-state index contributed by atoms with van der Waals surface area (Å²) in [6.45, 7) is 4.17. The predicted molar refractivity (Wildman–Crippen MR) is 75.4 cm³/mol. The van der Waals surface area contributed by atoms with Crippen LogP contribution < -0.4 is 5.32 Å². The second-order valence-corrected chi connectivity index (χ2v) is 5.28. The smallest absolute Gasteiger partial charge is 0.128 e. The van der Waals surface area contributed by atoms with Gasteiger partial charge in [-0.25, -0.2) is 4.39 Å². The van der Waals surface area contributed by atoms with E-state index < -0.39 is 0 Å². The Labute approximate surface area is 115 Å². The molecule has 2 rings (SSSR count). The summed E-state index contributed by atoms with van der Waals surface area (Å²) in [4.78, 5) is 0. The summed E-state index contributed by atoms with van der Waals surface area (Å²) in [5, 5.41) is 3.25. The van der Waals surface area contributed by atoms with Gasteiger partial charge in [-0.3, -0.25) is 0 Å². The van der Waals surface area contributed by atoms with Gasteiger partial charge in [-0.2, -0.15) is 0 Å². The highest BCUT2D eigenvalue weighted by molar-refractivity contribution is 5.24. The van der Waals surface area contributed by atoms with Crippen LogP contribution in [-0.4, -0.2) is 12.6 Å². The molecule has 1 aliphatic rings. The van der Waals surface area contributed by atoms with Gasteiger partial charge in [0.15, 0.2) is 0 Å². The number of nitrogens with one attached hydrogen (secondary N) is 1. The Kier molecular flexibility index (Phi) is 5.80. The molecule has 1 fully saturated rings. The first-order valence-corrected chi connectivity index (χ1v) is 7.39. The minimum absolute atomic E-state index is 0.156. The lowest BCUT2D eigenvalue weighted by molar-refractivity contribution is 0.0156. The van der Waals surface area contributed by atoms with Crippen LogP contribution in [0.2, 0.25) is 0 Å². The Bertz CT molecular complexity index is 388. The van der Waals surface area contributed by atoms with Gasteiger partial charge in [0.2, 0.25) is 0 Å².